The smallest absolute Gasteiger partial charge is 0.338 e. The van der Waals surface area contributed by atoms with Crippen molar-refractivity contribution in [1.82, 2.24) is 4.57 Å². The minimum Gasteiger partial charge on any atom is -0.488 e. The van der Waals surface area contributed by atoms with Crippen molar-refractivity contribution in [3.8, 4) is 11.8 Å². The highest BCUT2D eigenvalue weighted by molar-refractivity contribution is 7.07. The molecule has 216 valence electrons. The minimum atomic E-state index is -0.738. The van der Waals surface area contributed by atoms with E-state index < -0.39 is 12.0 Å². The van der Waals surface area contributed by atoms with Gasteiger partial charge in [-0.25, -0.2) is 9.79 Å². The van der Waals surface area contributed by atoms with E-state index in [-0.39, 0.29) is 18.8 Å². The molecule has 1 aromatic heterocycles. The van der Waals surface area contributed by atoms with Crippen molar-refractivity contribution >= 4 is 29.1 Å². The van der Waals surface area contributed by atoms with Gasteiger partial charge in [0.1, 0.15) is 12.4 Å². The zero-order valence-electron chi connectivity index (χ0n) is 23.8. The third kappa shape index (κ3) is 5.61. The molecule has 8 heteroatoms. The summed E-state index contributed by atoms with van der Waals surface area (Å²) in [7, 11) is 0. The van der Waals surface area contributed by atoms with Crippen molar-refractivity contribution in [2.45, 2.75) is 19.6 Å². The molecule has 6 rings (SSSR count). The third-order valence-corrected chi connectivity index (χ3v) is 8.20. The zero-order valence-corrected chi connectivity index (χ0v) is 24.7. The van der Waals surface area contributed by atoms with E-state index in [2.05, 4.69) is 6.07 Å². The Labute approximate surface area is 257 Å². The largest absolute Gasteiger partial charge is 0.488 e. The molecule has 1 atom stereocenters. The molecule has 0 amide bonds. The zero-order chi connectivity index (χ0) is 30.5. The van der Waals surface area contributed by atoms with Crippen LogP contribution in [0.4, 0.5) is 0 Å². The van der Waals surface area contributed by atoms with Crippen LogP contribution in [0.25, 0.3) is 11.8 Å². The Hall–Kier alpha value is -5.52. The molecule has 44 heavy (non-hydrogen) atoms. The molecule has 0 bridgehead atoms. The Kier molecular flexibility index (Phi) is 8.30. The van der Waals surface area contributed by atoms with Crippen LogP contribution in [0.2, 0.25) is 0 Å². The number of para-hydroxylation sites is 1. The first kappa shape index (κ1) is 28.6. The third-order valence-electron chi connectivity index (χ3n) is 7.22. The monoisotopic (exact) mass is 597 g/mol. The summed E-state index contributed by atoms with van der Waals surface area (Å²) in [4.78, 5) is 33.1. The van der Waals surface area contributed by atoms with Gasteiger partial charge >= 0.3 is 5.97 Å². The highest BCUT2D eigenvalue weighted by Gasteiger charge is 2.35. The highest BCUT2D eigenvalue weighted by atomic mass is 32.1. The number of nitrogens with zero attached hydrogens (tertiary/aromatic N) is 3. The standard InChI is InChI=1S/C36H27N3O4S/c1-2-42-35(41)31-32(24-13-5-3-6-14-24)38-36-39(33(31)25-15-7-4-8-16-25)34(40)30(44-36)21-26-17-11-12-20-29(26)43-23-28-19-10-9-18-27(28)22-37/h3-21,33H,2,23H2,1H3/b30-21-/t33-/m1/s1. The van der Waals surface area contributed by atoms with Gasteiger partial charge in [-0.15, -0.1) is 0 Å². The van der Waals surface area contributed by atoms with Gasteiger partial charge in [0.15, 0.2) is 4.80 Å². The Morgan fingerprint density at radius 2 is 1.64 bits per heavy atom. The summed E-state index contributed by atoms with van der Waals surface area (Å²) in [6.45, 7) is 2.14. The van der Waals surface area contributed by atoms with Gasteiger partial charge in [-0.2, -0.15) is 5.26 Å². The van der Waals surface area contributed by atoms with Crippen LogP contribution < -0.4 is 19.6 Å². The number of benzene rings is 4. The van der Waals surface area contributed by atoms with E-state index in [4.69, 9.17) is 14.5 Å². The molecule has 4 aromatic carbocycles. The number of carbonyl (C=O) groups excluding carboxylic acids is 1. The summed E-state index contributed by atoms with van der Waals surface area (Å²) in [6, 6.07) is 35.1. The van der Waals surface area contributed by atoms with Crippen molar-refractivity contribution in [1.29, 1.82) is 5.26 Å². The average molecular weight is 598 g/mol. The molecule has 0 saturated carbocycles. The Morgan fingerprint density at radius 3 is 2.39 bits per heavy atom. The van der Waals surface area contributed by atoms with E-state index in [9.17, 15) is 14.9 Å². The maximum absolute atomic E-state index is 14.2. The number of nitriles is 1. The van der Waals surface area contributed by atoms with Crippen LogP contribution in [-0.2, 0) is 16.1 Å². The van der Waals surface area contributed by atoms with Crippen molar-refractivity contribution in [2.24, 2.45) is 4.99 Å². The lowest BCUT2D eigenvalue weighted by Crippen LogP contribution is -2.40. The van der Waals surface area contributed by atoms with Gasteiger partial charge in [0.05, 0.1) is 40.1 Å². The predicted octanol–water partition coefficient (Wildman–Crippen LogP) is 5.39. The lowest BCUT2D eigenvalue weighted by Gasteiger charge is -2.25. The van der Waals surface area contributed by atoms with E-state index in [1.807, 2.05) is 103 Å². The SMILES string of the molecule is CCOC(=O)C1=C(c2ccccc2)N=c2s/c(=C\c3ccccc3OCc3ccccc3C#N)c(=O)n2[C@@H]1c1ccccc1. The molecule has 0 N–H and O–H groups in total. The summed E-state index contributed by atoms with van der Waals surface area (Å²) < 4.78 is 13.7. The van der Waals surface area contributed by atoms with Gasteiger partial charge in [0.25, 0.3) is 5.56 Å². The minimum absolute atomic E-state index is 0.186. The summed E-state index contributed by atoms with van der Waals surface area (Å²) in [5, 5.41) is 9.47. The molecular formula is C36H27N3O4S. The number of ether oxygens (including phenoxy) is 2. The molecule has 0 unspecified atom stereocenters. The van der Waals surface area contributed by atoms with Crippen molar-refractivity contribution in [3.05, 3.63) is 162 Å². The van der Waals surface area contributed by atoms with Crippen LogP contribution in [-0.4, -0.2) is 17.1 Å². The van der Waals surface area contributed by atoms with Gasteiger partial charge in [-0.3, -0.25) is 9.36 Å². The van der Waals surface area contributed by atoms with E-state index in [0.717, 1.165) is 16.7 Å². The topological polar surface area (TPSA) is 93.7 Å². The van der Waals surface area contributed by atoms with Crippen molar-refractivity contribution in [2.75, 3.05) is 6.61 Å². The molecule has 0 radical (unpaired) electrons. The Morgan fingerprint density at radius 1 is 0.955 bits per heavy atom. The Bertz CT molecular complexity index is 2090. The molecule has 1 aliphatic rings. The first-order valence-corrected chi connectivity index (χ1v) is 14.9. The van der Waals surface area contributed by atoms with Crippen molar-refractivity contribution < 1.29 is 14.3 Å². The molecule has 7 nitrogen and oxygen atoms in total. The second kappa shape index (κ2) is 12.8. The summed E-state index contributed by atoms with van der Waals surface area (Å²) in [5.41, 5.74) is 4.06. The summed E-state index contributed by atoms with van der Waals surface area (Å²) >= 11 is 1.25. The molecule has 1 aliphatic heterocycles. The average Bonchev–Trinajstić information content (AvgIpc) is 3.38. The van der Waals surface area contributed by atoms with Crippen LogP contribution in [0.5, 0.6) is 5.75 Å². The van der Waals surface area contributed by atoms with E-state index in [0.29, 0.717) is 37.5 Å². The van der Waals surface area contributed by atoms with Gasteiger partial charge in [0, 0.05) is 16.7 Å². The van der Waals surface area contributed by atoms with Crippen LogP contribution >= 0.6 is 11.3 Å². The van der Waals surface area contributed by atoms with E-state index >= 15 is 0 Å². The first-order chi connectivity index (χ1) is 21.6. The lowest BCUT2D eigenvalue weighted by molar-refractivity contribution is -0.138. The highest BCUT2D eigenvalue weighted by Crippen LogP contribution is 2.35. The fraction of sp³-hybridized carbons (Fsp3) is 0.111. The molecule has 0 aliphatic carbocycles. The van der Waals surface area contributed by atoms with Crippen LogP contribution in [0.3, 0.4) is 0 Å². The lowest BCUT2D eigenvalue weighted by atomic mass is 9.93. The number of thiazole rings is 1. The van der Waals surface area contributed by atoms with Crippen LogP contribution in [0, 0.1) is 11.3 Å². The number of esters is 1. The van der Waals surface area contributed by atoms with Gasteiger partial charge < -0.3 is 9.47 Å². The number of hydrogen-bond donors (Lipinski definition) is 0. The first-order valence-electron chi connectivity index (χ1n) is 14.1. The summed E-state index contributed by atoms with van der Waals surface area (Å²) in [6.07, 6.45) is 1.79. The maximum Gasteiger partial charge on any atom is 0.338 e. The number of carbonyl (C=O) groups is 1. The fourth-order valence-electron chi connectivity index (χ4n) is 5.17. The maximum atomic E-state index is 14.2. The van der Waals surface area contributed by atoms with Gasteiger partial charge in [-0.1, -0.05) is 108 Å². The van der Waals surface area contributed by atoms with Crippen molar-refractivity contribution in [3.63, 3.8) is 0 Å². The summed E-state index contributed by atoms with van der Waals surface area (Å²) in [5.74, 6) is 0.0532. The van der Waals surface area contributed by atoms with Gasteiger partial charge in [-0.05, 0) is 30.7 Å². The van der Waals surface area contributed by atoms with E-state index in [1.165, 1.54) is 11.3 Å². The normalized spacial score (nSPS) is 14.4. The number of aromatic nitrogens is 1. The molecule has 2 heterocycles. The predicted molar refractivity (Wildman–Crippen MR) is 169 cm³/mol. The molecule has 0 spiro atoms. The molecule has 0 fully saturated rings. The van der Waals surface area contributed by atoms with Gasteiger partial charge in [0.2, 0.25) is 0 Å². The fourth-order valence-corrected chi connectivity index (χ4v) is 6.17. The number of rotatable bonds is 8. The molecule has 5 aromatic rings. The Balaban J connectivity index is 1.51. The second-order valence-corrected chi connectivity index (χ2v) is 10.9. The number of hydrogen-bond acceptors (Lipinski definition) is 7. The molecule has 0 saturated heterocycles. The van der Waals surface area contributed by atoms with Crippen LogP contribution in [0.15, 0.2) is 125 Å². The molecular weight excluding hydrogens is 570 g/mol. The number of fused-ring (bicyclic) bond motifs is 1. The quantitative estimate of drug-likeness (QED) is 0.224. The van der Waals surface area contributed by atoms with Crippen LogP contribution in [0.1, 0.15) is 40.8 Å². The van der Waals surface area contributed by atoms with E-state index in [1.54, 1.807) is 23.6 Å². The second-order valence-electron chi connectivity index (χ2n) is 9.94.